The number of amides is 2. The molecule has 0 spiro atoms. The minimum atomic E-state index is -0.754. The fourth-order valence-corrected chi connectivity index (χ4v) is 2.00. The summed E-state index contributed by atoms with van der Waals surface area (Å²) in [5.41, 5.74) is 12.4. The van der Waals surface area contributed by atoms with Gasteiger partial charge in [0, 0.05) is 23.5 Å². The Bertz CT molecular complexity index is 611. The van der Waals surface area contributed by atoms with E-state index in [4.69, 9.17) is 11.4 Å². The van der Waals surface area contributed by atoms with Crippen LogP contribution in [-0.2, 0) is 11.2 Å². The van der Waals surface area contributed by atoms with Crippen molar-refractivity contribution in [2.45, 2.75) is 12.5 Å². The van der Waals surface area contributed by atoms with Crippen molar-refractivity contribution in [3.05, 3.63) is 36.0 Å². The molecule has 0 aliphatic rings. The molecule has 1 heterocycles. The Labute approximate surface area is 110 Å². The average molecular weight is 258 g/mol. The van der Waals surface area contributed by atoms with Gasteiger partial charge in [-0.2, -0.15) is 0 Å². The van der Waals surface area contributed by atoms with Crippen LogP contribution in [0, 0.1) is 0 Å². The van der Waals surface area contributed by atoms with E-state index in [0.717, 1.165) is 16.5 Å². The van der Waals surface area contributed by atoms with E-state index in [1.165, 1.54) is 0 Å². The van der Waals surface area contributed by atoms with Gasteiger partial charge in [0.1, 0.15) is 6.04 Å². The Balaban J connectivity index is 2.21. The summed E-state index contributed by atoms with van der Waals surface area (Å²) in [7, 11) is -0.169. The number of aromatic amines is 1. The second-order valence-corrected chi connectivity index (χ2v) is 4.29. The lowest BCUT2D eigenvalue weighted by molar-refractivity contribution is -0.119. The number of hydrogen-bond donors (Lipinski definition) is 4. The van der Waals surface area contributed by atoms with Crippen molar-refractivity contribution < 1.29 is 9.59 Å². The van der Waals surface area contributed by atoms with Crippen molar-refractivity contribution in [2.75, 3.05) is 0 Å². The zero-order valence-corrected chi connectivity index (χ0v) is 10.3. The van der Waals surface area contributed by atoms with Crippen LogP contribution in [0.2, 0.25) is 0 Å². The lowest BCUT2D eigenvalue weighted by atomic mass is 9.94. The van der Waals surface area contributed by atoms with Crippen LogP contribution in [0.15, 0.2) is 30.5 Å². The van der Waals surface area contributed by atoms with E-state index in [0.29, 0.717) is 6.42 Å². The lowest BCUT2D eigenvalue weighted by Crippen LogP contribution is -2.48. The molecule has 98 valence electrons. The molecule has 0 bridgehead atoms. The van der Waals surface area contributed by atoms with Gasteiger partial charge in [-0.1, -0.05) is 18.2 Å². The van der Waals surface area contributed by atoms with Crippen molar-refractivity contribution >= 4 is 30.0 Å². The molecule has 1 atom stereocenters. The van der Waals surface area contributed by atoms with E-state index in [1.54, 1.807) is 0 Å². The molecular weight excluding hydrogens is 243 g/mol. The van der Waals surface area contributed by atoms with Gasteiger partial charge in [-0.15, -0.1) is 0 Å². The third kappa shape index (κ3) is 2.94. The third-order valence-corrected chi connectivity index (χ3v) is 2.96. The third-order valence-electron chi connectivity index (χ3n) is 2.96. The molecule has 6 N–H and O–H groups in total. The molecule has 0 saturated carbocycles. The highest BCUT2D eigenvalue weighted by atomic mass is 16.2. The first-order valence-electron chi connectivity index (χ1n) is 5.95. The number of aromatic nitrogens is 1. The molecule has 2 aromatic rings. The molecular formula is C12H15BN4O2. The summed E-state index contributed by atoms with van der Waals surface area (Å²) in [6, 6.07) is 6.97. The van der Waals surface area contributed by atoms with Gasteiger partial charge in [0.25, 0.3) is 0 Å². The summed E-state index contributed by atoms with van der Waals surface area (Å²) < 4.78 is 0. The number of nitrogens with one attached hydrogen (secondary N) is 2. The SMILES string of the molecule is NBC(=O)NC(Cc1c[nH]c2ccccc12)C(N)=O. The van der Waals surface area contributed by atoms with Gasteiger partial charge < -0.3 is 21.7 Å². The molecule has 0 aliphatic heterocycles. The number of hydrogen-bond acceptors (Lipinski definition) is 3. The minimum Gasteiger partial charge on any atom is -0.368 e. The van der Waals surface area contributed by atoms with Crippen molar-refractivity contribution in [1.29, 1.82) is 0 Å². The topological polar surface area (TPSA) is 114 Å². The van der Waals surface area contributed by atoms with Gasteiger partial charge in [0.05, 0.1) is 0 Å². The predicted octanol–water partition coefficient (Wildman–Crippen LogP) is -0.416. The van der Waals surface area contributed by atoms with Crippen molar-refractivity contribution in [3.63, 3.8) is 0 Å². The van der Waals surface area contributed by atoms with Crippen LogP contribution in [0.25, 0.3) is 10.9 Å². The van der Waals surface area contributed by atoms with Crippen molar-refractivity contribution in [2.24, 2.45) is 11.4 Å². The van der Waals surface area contributed by atoms with Crippen molar-refractivity contribution in [3.8, 4) is 0 Å². The van der Waals surface area contributed by atoms with Gasteiger partial charge in [0.2, 0.25) is 5.91 Å². The summed E-state index contributed by atoms with van der Waals surface area (Å²) in [6.07, 6.45) is 2.15. The molecule has 1 aromatic heterocycles. The summed E-state index contributed by atoms with van der Waals surface area (Å²) in [5, 5.41) is 3.53. The molecule has 6 nitrogen and oxygen atoms in total. The maximum atomic E-state index is 11.4. The highest BCUT2D eigenvalue weighted by Crippen LogP contribution is 2.18. The van der Waals surface area contributed by atoms with E-state index in [-0.39, 0.29) is 7.41 Å². The van der Waals surface area contributed by atoms with Gasteiger partial charge >= 0.3 is 7.41 Å². The van der Waals surface area contributed by atoms with Crippen LogP contribution in [0.4, 0.5) is 4.79 Å². The Hall–Kier alpha value is -2.28. The fourth-order valence-electron chi connectivity index (χ4n) is 2.00. The number of carbonyl (C=O) groups excluding carboxylic acids is 2. The summed E-state index contributed by atoms with van der Waals surface area (Å²) in [4.78, 5) is 25.7. The van der Waals surface area contributed by atoms with E-state index >= 15 is 0 Å². The van der Waals surface area contributed by atoms with Crippen LogP contribution < -0.4 is 16.7 Å². The van der Waals surface area contributed by atoms with E-state index in [1.807, 2.05) is 30.5 Å². The zero-order chi connectivity index (χ0) is 13.8. The normalized spacial score (nSPS) is 12.1. The molecule has 19 heavy (non-hydrogen) atoms. The molecule has 0 fully saturated rings. The molecule has 2 rings (SSSR count). The summed E-state index contributed by atoms with van der Waals surface area (Å²) >= 11 is 0. The maximum Gasteiger partial charge on any atom is 0.308 e. The predicted molar refractivity (Wildman–Crippen MR) is 74.9 cm³/mol. The van der Waals surface area contributed by atoms with E-state index in [9.17, 15) is 9.59 Å². The molecule has 7 heteroatoms. The smallest absolute Gasteiger partial charge is 0.308 e. The van der Waals surface area contributed by atoms with Crippen LogP contribution >= 0.6 is 0 Å². The quantitative estimate of drug-likeness (QED) is 0.546. The number of carbonyl (C=O) groups is 2. The molecule has 2 amide bonds. The first kappa shape index (κ1) is 13.2. The van der Waals surface area contributed by atoms with Crippen molar-refractivity contribution in [1.82, 2.24) is 10.3 Å². The second kappa shape index (κ2) is 5.58. The second-order valence-electron chi connectivity index (χ2n) is 4.29. The summed E-state index contributed by atoms with van der Waals surface area (Å²) in [6.45, 7) is 0. The number of nitrogens with two attached hydrogens (primary N) is 2. The number of primary amides is 1. The van der Waals surface area contributed by atoms with Crippen LogP contribution in [0.1, 0.15) is 5.56 Å². The Morgan fingerprint density at radius 1 is 1.37 bits per heavy atom. The Kier molecular flexibility index (Phi) is 3.86. The molecule has 1 aromatic carbocycles. The number of benzene rings is 1. The monoisotopic (exact) mass is 258 g/mol. The Morgan fingerprint density at radius 3 is 2.79 bits per heavy atom. The standard InChI is InChI=1S/C12H15BN4O2/c14-11(18)10(17-12(19)13-15)5-7-6-16-9-4-2-1-3-8(7)9/h1-4,6,10,13,16H,5,15H2,(H2,14,18)(H,17,19). The summed E-state index contributed by atoms with van der Waals surface area (Å²) in [5.74, 6) is -0.976. The van der Waals surface area contributed by atoms with Crippen LogP contribution in [0.5, 0.6) is 0 Å². The van der Waals surface area contributed by atoms with E-state index in [2.05, 4.69) is 10.3 Å². The Morgan fingerprint density at radius 2 is 2.11 bits per heavy atom. The van der Waals surface area contributed by atoms with Gasteiger partial charge in [-0.05, 0) is 11.6 Å². The zero-order valence-electron chi connectivity index (χ0n) is 10.3. The average Bonchev–Trinajstić information content (AvgIpc) is 2.81. The fraction of sp³-hybridized carbons (Fsp3) is 0.167. The number of para-hydroxylation sites is 1. The number of fused-ring (bicyclic) bond motifs is 1. The van der Waals surface area contributed by atoms with E-state index < -0.39 is 17.8 Å². The minimum absolute atomic E-state index is 0.169. The first-order chi connectivity index (χ1) is 9.11. The number of rotatable bonds is 5. The molecule has 0 saturated heterocycles. The van der Waals surface area contributed by atoms with Gasteiger partial charge in [-0.25, -0.2) is 0 Å². The van der Waals surface area contributed by atoms with Crippen LogP contribution in [0.3, 0.4) is 0 Å². The maximum absolute atomic E-state index is 11.4. The molecule has 0 radical (unpaired) electrons. The number of H-pyrrole nitrogens is 1. The molecule has 0 aliphatic carbocycles. The highest BCUT2D eigenvalue weighted by Gasteiger charge is 2.19. The van der Waals surface area contributed by atoms with Gasteiger partial charge in [0.15, 0.2) is 5.81 Å². The highest BCUT2D eigenvalue weighted by molar-refractivity contribution is 6.71. The van der Waals surface area contributed by atoms with Crippen LogP contribution in [-0.4, -0.2) is 30.2 Å². The molecule has 1 unspecified atom stereocenters. The van der Waals surface area contributed by atoms with Gasteiger partial charge in [-0.3, -0.25) is 9.59 Å². The first-order valence-corrected chi connectivity index (χ1v) is 5.95. The largest absolute Gasteiger partial charge is 0.368 e. The lowest BCUT2D eigenvalue weighted by Gasteiger charge is -2.14.